The minimum Gasteiger partial charge on any atom is -0.480 e. The SMILES string of the molecule is O=C(O)CNC1=C(Cl)C(=O)C(Cl)=C(Cl)C1=O. The van der Waals surface area contributed by atoms with Crippen LogP contribution in [0, 0.1) is 0 Å². The largest absolute Gasteiger partial charge is 0.480 e. The van der Waals surface area contributed by atoms with E-state index in [9.17, 15) is 14.4 Å². The van der Waals surface area contributed by atoms with Gasteiger partial charge in [-0.25, -0.2) is 0 Å². The normalized spacial score (nSPS) is 16.9. The van der Waals surface area contributed by atoms with Crippen LogP contribution < -0.4 is 5.32 Å². The quantitative estimate of drug-likeness (QED) is 0.754. The van der Waals surface area contributed by atoms with Gasteiger partial charge in [-0.3, -0.25) is 14.4 Å². The molecule has 0 aromatic rings. The van der Waals surface area contributed by atoms with E-state index in [1.807, 2.05) is 0 Å². The Hall–Kier alpha value is -1.04. The molecular formula is C8H4Cl3NO4. The van der Waals surface area contributed by atoms with Crippen molar-refractivity contribution >= 4 is 52.3 Å². The Bertz CT molecular complexity index is 452. The van der Waals surface area contributed by atoms with Crippen molar-refractivity contribution < 1.29 is 19.5 Å². The number of nitrogens with one attached hydrogen (secondary N) is 1. The van der Waals surface area contributed by atoms with Crippen molar-refractivity contribution in [1.82, 2.24) is 5.32 Å². The molecule has 1 aliphatic rings. The Kier molecular flexibility index (Phi) is 3.96. The van der Waals surface area contributed by atoms with Crippen molar-refractivity contribution in [2.75, 3.05) is 6.54 Å². The molecule has 0 amide bonds. The first kappa shape index (κ1) is 13.0. The Labute approximate surface area is 105 Å². The second kappa shape index (κ2) is 4.86. The molecule has 1 rings (SSSR count). The lowest BCUT2D eigenvalue weighted by atomic mass is 10.1. The van der Waals surface area contributed by atoms with Gasteiger partial charge in [0.05, 0.1) is 0 Å². The van der Waals surface area contributed by atoms with Crippen LogP contribution in [0.1, 0.15) is 0 Å². The summed E-state index contributed by atoms with van der Waals surface area (Å²) in [6.45, 7) is -0.563. The zero-order valence-electron chi connectivity index (χ0n) is 7.51. The zero-order valence-corrected chi connectivity index (χ0v) is 9.78. The molecule has 0 saturated carbocycles. The number of aliphatic carboxylic acids is 1. The minimum absolute atomic E-state index is 0.358. The fraction of sp³-hybridized carbons (Fsp3) is 0.125. The summed E-state index contributed by atoms with van der Waals surface area (Å²) in [6, 6.07) is 0. The van der Waals surface area contributed by atoms with Crippen molar-refractivity contribution in [3.05, 3.63) is 20.8 Å². The molecule has 0 bridgehead atoms. The molecule has 0 heterocycles. The van der Waals surface area contributed by atoms with Crippen LogP contribution in [0.5, 0.6) is 0 Å². The van der Waals surface area contributed by atoms with Crippen LogP contribution in [0.2, 0.25) is 0 Å². The number of hydrogen-bond donors (Lipinski definition) is 2. The van der Waals surface area contributed by atoms with E-state index in [4.69, 9.17) is 39.9 Å². The molecule has 5 nitrogen and oxygen atoms in total. The van der Waals surface area contributed by atoms with Crippen LogP contribution >= 0.6 is 34.8 Å². The van der Waals surface area contributed by atoms with Gasteiger partial charge in [0.1, 0.15) is 27.3 Å². The van der Waals surface area contributed by atoms with Crippen LogP contribution in [0.15, 0.2) is 20.8 Å². The van der Waals surface area contributed by atoms with E-state index in [0.29, 0.717) is 0 Å². The summed E-state index contributed by atoms with van der Waals surface area (Å²) in [7, 11) is 0. The molecule has 0 unspecified atom stereocenters. The van der Waals surface area contributed by atoms with E-state index in [2.05, 4.69) is 5.32 Å². The molecule has 0 atom stereocenters. The Morgan fingerprint density at radius 2 is 1.56 bits per heavy atom. The number of hydrogen-bond acceptors (Lipinski definition) is 4. The van der Waals surface area contributed by atoms with E-state index >= 15 is 0 Å². The first-order valence-corrected chi connectivity index (χ1v) is 4.99. The second-order valence-corrected chi connectivity index (χ2v) is 3.86. The number of ketones is 2. The van der Waals surface area contributed by atoms with E-state index in [-0.39, 0.29) is 5.70 Å². The van der Waals surface area contributed by atoms with Crippen molar-refractivity contribution in [3.63, 3.8) is 0 Å². The maximum atomic E-state index is 11.5. The molecule has 0 aromatic carbocycles. The zero-order chi connectivity index (χ0) is 12.5. The predicted molar refractivity (Wildman–Crippen MR) is 57.3 cm³/mol. The third-order valence-electron chi connectivity index (χ3n) is 1.65. The van der Waals surface area contributed by atoms with Gasteiger partial charge in [0, 0.05) is 0 Å². The van der Waals surface area contributed by atoms with Crippen LogP contribution in [0.4, 0.5) is 0 Å². The van der Waals surface area contributed by atoms with Gasteiger partial charge < -0.3 is 10.4 Å². The molecular weight excluding hydrogens is 280 g/mol. The molecule has 1 aliphatic carbocycles. The fourth-order valence-corrected chi connectivity index (χ4v) is 1.60. The van der Waals surface area contributed by atoms with Crippen molar-refractivity contribution in [3.8, 4) is 0 Å². The number of carboxylic acid groups (broad SMARTS) is 1. The van der Waals surface area contributed by atoms with Gasteiger partial charge in [0.15, 0.2) is 0 Å². The highest BCUT2D eigenvalue weighted by Crippen LogP contribution is 2.29. The maximum Gasteiger partial charge on any atom is 0.322 e. The van der Waals surface area contributed by atoms with Gasteiger partial charge in [-0.2, -0.15) is 0 Å². The van der Waals surface area contributed by atoms with Gasteiger partial charge in [0.2, 0.25) is 11.6 Å². The number of allylic oxidation sites excluding steroid dienone is 3. The van der Waals surface area contributed by atoms with Gasteiger partial charge in [-0.15, -0.1) is 0 Å². The second-order valence-electron chi connectivity index (χ2n) is 2.72. The third-order valence-corrected chi connectivity index (χ3v) is 2.83. The molecule has 0 radical (unpaired) electrons. The number of halogens is 3. The molecule has 0 saturated heterocycles. The summed E-state index contributed by atoms with van der Waals surface area (Å²) in [5.41, 5.74) is -0.358. The Morgan fingerprint density at radius 3 is 2.06 bits per heavy atom. The summed E-state index contributed by atoms with van der Waals surface area (Å²) in [5, 5.41) is 9.18. The van der Waals surface area contributed by atoms with Crippen molar-refractivity contribution in [1.29, 1.82) is 0 Å². The topological polar surface area (TPSA) is 83.5 Å². The molecule has 0 aromatic heterocycles. The summed E-state index contributed by atoms with van der Waals surface area (Å²) in [4.78, 5) is 33.1. The van der Waals surface area contributed by atoms with Crippen LogP contribution in [0.25, 0.3) is 0 Å². The lowest BCUT2D eigenvalue weighted by Gasteiger charge is -2.15. The van der Waals surface area contributed by atoms with E-state index in [0.717, 1.165) is 0 Å². The van der Waals surface area contributed by atoms with Gasteiger partial charge in [-0.05, 0) is 0 Å². The first-order valence-electron chi connectivity index (χ1n) is 3.86. The van der Waals surface area contributed by atoms with E-state index in [1.54, 1.807) is 0 Å². The molecule has 2 N–H and O–H groups in total. The number of carboxylic acids is 1. The molecule has 8 heteroatoms. The summed E-state index contributed by atoms with van der Waals surface area (Å²) in [6.07, 6.45) is 0. The molecule has 0 fully saturated rings. The summed E-state index contributed by atoms with van der Waals surface area (Å²) in [5.74, 6) is -2.84. The number of Topliss-reactive ketones (excluding diaryl/α,β-unsaturated/α-hetero) is 2. The van der Waals surface area contributed by atoms with Gasteiger partial charge in [-0.1, -0.05) is 34.8 Å². The number of carbonyl (C=O) groups is 3. The lowest BCUT2D eigenvalue weighted by Crippen LogP contribution is -2.31. The predicted octanol–water partition coefficient (Wildman–Crippen LogP) is 0.952. The fourth-order valence-electron chi connectivity index (χ4n) is 0.941. The van der Waals surface area contributed by atoms with Gasteiger partial charge in [0.25, 0.3) is 0 Å². The van der Waals surface area contributed by atoms with E-state index < -0.39 is 39.2 Å². The highest BCUT2D eigenvalue weighted by molar-refractivity contribution is 6.64. The molecule has 16 heavy (non-hydrogen) atoms. The third kappa shape index (κ3) is 2.37. The standard InChI is InChI=1S/C8H4Cl3NO4/c9-3-4(10)8(16)6(5(11)7(3)15)12-1-2(13)14/h12H,1H2,(H,13,14). The first-order chi connectivity index (χ1) is 7.36. The average Bonchev–Trinajstić information content (AvgIpc) is 2.23. The molecule has 0 spiro atoms. The molecule has 0 aliphatic heterocycles. The molecule has 86 valence electrons. The van der Waals surface area contributed by atoms with Crippen molar-refractivity contribution in [2.45, 2.75) is 0 Å². The summed E-state index contributed by atoms with van der Waals surface area (Å²) >= 11 is 16.5. The Morgan fingerprint density at radius 1 is 1.06 bits per heavy atom. The lowest BCUT2D eigenvalue weighted by molar-refractivity contribution is -0.135. The smallest absolute Gasteiger partial charge is 0.322 e. The highest BCUT2D eigenvalue weighted by Gasteiger charge is 2.32. The van der Waals surface area contributed by atoms with Crippen LogP contribution in [-0.2, 0) is 14.4 Å². The van der Waals surface area contributed by atoms with Crippen LogP contribution in [0.3, 0.4) is 0 Å². The Balaban J connectivity index is 3.04. The summed E-state index contributed by atoms with van der Waals surface area (Å²) < 4.78 is 0. The maximum absolute atomic E-state index is 11.5. The average molecular weight is 284 g/mol. The van der Waals surface area contributed by atoms with Crippen LogP contribution in [-0.4, -0.2) is 29.2 Å². The number of carbonyl (C=O) groups excluding carboxylic acids is 2. The van der Waals surface area contributed by atoms with E-state index in [1.165, 1.54) is 0 Å². The monoisotopic (exact) mass is 283 g/mol. The van der Waals surface area contributed by atoms with Crippen molar-refractivity contribution in [2.24, 2.45) is 0 Å². The highest BCUT2D eigenvalue weighted by atomic mass is 35.5. The van der Waals surface area contributed by atoms with Gasteiger partial charge >= 0.3 is 5.97 Å². The minimum atomic E-state index is -1.21. The number of rotatable bonds is 3.